The molecule has 0 atom stereocenters. The Balaban J connectivity index is 2.13. The molecule has 0 aliphatic carbocycles. The van der Waals surface area contributed by atoms with Crippen LogP contribution in [0.3, 0.4) is 0 Å². The fourth-order valence-corrected chi connectivity index (χ4v) is 3.23. The average Bonchev–Trinajstić information content (AvgIpc) is 2.45. The summed E-state index contributed by atoms with van der Waals surface area (Å²) < 4.78 is 13.9. The topological polar surface area (TPSA) is 12.0 Å². The van der Waals surface area contributed by atoms with Gasteiger partial charge in [-0.25, -0.2) is 4.39 Å². The Morgan fingerprint density at radius 3 is 2.70 bits per heavy atom. The Hall–Kier alpha value is -1.03. The van der Waals surface area contributed by atoms with Gasteiger partial charge in [-0.1, -0.05) is 42.8 Å². The van der Waals surface area contributed by atoms with Gasteiger partial charge in [-0.05, 0) is 30.3 Å². The Labute approximate surface area is 128 Å². The Kier molecular flexibility index (Phi) is 5.89. The number of halogens is 2. The van der Waals surface area contributed by atoms with E-state index in [1.54, 1.807) is 17.8 Å². The van der Waals surface area contributed by atoms with Crippen molar-refractivity contribution in [1.82, 2.24) is 5.32 Å². The zero-order chi connectivity index (χ0) is 14.4. The van der Waals surface area contributed by atoms with Crippen molar-refractivity contribution in [3.8, 4) is 0 Å². The third-order valence-electron chi connectivity index (χ3n) is 2.97. The van der Waals surface area contributed by atoms with Crippen molar-refractivity contribution in [1.29, 1.82) is 0 Å². The molecule has 106 valence electrons. The second-order valence-corrected chi connectivity index (χ2v) is 5.80. The molecule has 0 aliphatic rings. The van der Waals surface area contributed by atoms with Gasteiger partial charge in [0.2, 0.25) is 0 Å². The van der Waals surface area contributed by atoms with E-state index in [2.05, 4.69) is 5.32 Å². The van der Waals surface area contributed by atoms with Gasteiger partial charge in [0.15, 0.2) is 0 Å². The molecule has 1 nitrogen and oxygen atoms in total. The van der Waals surface area contributed by atoms with Crippen molar-refractivity contribution in [3.05, 3.63) is 64.4 Å². The van der Waals surface area contributed by atoms with E-state index >= 15 is 0 Å². The molecule has 0 radical (unpaired) electrons. The van der Waals surface area contributed by atoms with E-state index in [1.165, 1.54) is 6.07 Å². The summed E-state index contributed by atoms with van der Waals surface area (Å²) in [5.41, 5.74) is 1.80. The van der Waals surface area contributed by atoms with Crippen LogP contribution in [0.25, 0.3) is 0 Å². The number of hydrogen-bond donors (Lipinski definition) is 1. The molecule has 0 bridgehead atoms. The summed E-state index contributed by atoms with van der Waals surface area (Å²) in [5, 5.41) is 3.93. The van der Waals surface area contributed by atoms with E-state index in [9.17, 15) is 4.39 Å². The van der Waals surface area contributed by atoms with Crippen molar-refractivity contribution in [2.75, 3.05) is 6.54 Å². The molecule has 20 heavy (non-hydrogen) atoms. The summed E-state index contributed by atoms with van der Waals surface area (Å²) in [6.07, 6.45) is 0. The third kappa shape index (κ3) is 3.98. The zero-order valence-corrected chi connectivity index (χ0v) is 12.9. The molecule has 0 aliphatic heterocycles. The second kappa shape index (κ2) is 7.67. The van der Waals surface area contributed by atoms with Gasteiger partial charge in [-0.15, -0.1) is 11.8 Å². The van der Waals surface area contributed by atoms with Crippen LogP contribution < -0.4 is 5.32 Å². The quantitative estimate of drug-likeness (QED) is 0.763. The summed E-state index contributed by atoms with van der Waals surface area (Å²) in [7, 11) is 0. The molecule has 0 aromatic heterocycles. The number of hydrogen-bond acceptors (Lipinski definition) is 2. The summed E-state index contributed by atoms with van der Waals surface area (Å²) in [6.45, 7) is 3.38. The van der Waals surface area contributed by atoms with E-state index in [4.69, 9.17) is 11.6 Å². The maximum absolute atomic E-state index is 13.9. The van der Waals surface area contributed by atoms with Crippen molar-refractivity contribution in [3.63, 3.8) is 0 Å². The van der Waals surface area contributed by atoms with Crippen LogP contribution in [0.2, 0.25) is 5.02 Å². The van der Waals surface area contributed by atoms with E-state index in [0.717, 1.165) is 33.3 Å². The summed E-state index contributed by atoms with van der Waals surface area (Å²) >= 11 is 7.76. The molecule has 0 heterocycles. The zero-order valence-electron chi connectivity index (χ0n) is 11.3. The van der Waals surface area contributed by atoms with Gasteiger partial charge in [-0.3, -0.25) is 0 Å². The maximum Gasteiger partial charge on any atom is 0.128 e. The van der Waals surface area contributed by atoms with Crippen LogP contribution in [-0.2, 0) is 12.3 Å². The Bertz CT molecular complexity index is 574. The van der Waals surface area contributed by atoms with Gasteiger partial charge in [0.25, 0.3) is 0 Å². The molecule has 2 rings (SSSR count). The normalized spacial score (nSPS) is 10.8. The van der Waals surface area contributed by atoms with E-state index in [1.807, 2.05) is 37.3 Å². The number of benzene rings is 2. The van der Waals surface area contributed by atoms with E-state index in [-0.39, 0.29) is 5.82 Å². The molecule has 0 unspecified atom stereocenters. The van der Waals surface area contributed by atoms with Gasteiger partial charge in [0.05, 0.1) is 0 Å². The predicted molar refractivity (Wildman–Crippen MR) is 84.8 cm³/mol. The minimum Gasteiger partial charge on any atom is -0.313 e. The molecular formula is C16H17ClFNS. The first-order valence-electron chi connectivity index (χ1n) is 6.56. The highest BCUT2D eigenvalue weighted by molar-refractivity contribution is 7.98. The summed E-state index contributed by atoms with van der Waals surface area (Å²) in [5.74, 6) is 0.581. The van der Waals surface area contributed by atoms with Crippen molar-refractivity contribution in [2.24, 2.45) is 0 Å². The molecule has 0 saturated heterocycles. The number of thioether (sulfide) groups is 1. The lowest BCUT2D eigenvalue weighted by molar-refractivity contribution is 0.586. The van der Waals surface area contributed by atoms with Gasteiger partial charge < -0.3 is 5.32 Å². The van der Waals surface area contributed by atoms with Gasteiger partial charge in [-0.2, -0.15) is 0 Å². The molecule has 0 amide bonds. The van der Waals surface area contributed by atoms with Crippen LogP contribution >= 0.6 is 23.4 Å². The first-order chi connectivity index (χ1) is 9.72. The van der Waals surface area contributed by atoms with Crippen molar-refractivity contribution < 1.29 is 4.39 Å². The van der Waals surface area contributed by atoms with Crippen LogP contribution in [0.5, 0.6) is 0 Å². The lowest BCUT2D eigenvalue weighted by Crippen LogP contribution is -2.13. The molecule has 0 spiro atoms. The van der Waals surface area contributed by atoms with Gasteiger partial charge in [0, 0.05) is 27.8 Å². The molecule has 4 heteroatoms. The van der Waals surface area contributed by atoms with Crippen LogP contribution in [0.4, 0.5) is 4.39 Å². The molecule has 2 aromatic carbocycles. The Morgan fingerprint density at radius 2 is 1.95 bits per heavy atom. The first kappa shape index (κ1) is 15.4. The fraction of sp³-hybridized carbons (Fsp3) is 0.250. The van der Waals surface area contributed by atoms with Crippen LogP contribution in [-0.4, -0.2) is 6.54 Å². The standard InChI is InChI=1S/C16H17ClFNS/c1-2-19-10-13-15(18)8-5-9-16(13)20-11-12-6-3-4-7-14(12)17/h3-9,19H,2,10-11H2,1H3. The lowest BCUT2D eigenvalue weighted by atomic mass is 10.2. The highest BCUT2D eigenvalue weighted by atomic mass is 35.5. The minimum atomic E-state index is -0.157. The number of rotatable bonds is 6. The average molecular weight is 310 g/mol. The first-order valence-corrected chi connectivity index (χ1v) is 7.93. The molecule has 0 fully saturated rings. The number of nitrogens with one attached hydrogen (secondary N) is 1. The largest absolute Gasteiger partial charge is 0.313 e. The van der Waals surface area contributed by atoms with Crippen LogP contribution in [0.1, 0.15) is 18.1 Å². The molecule has 0 saturated carbocycles. The third-order valence-corrected chi connectivity index (χ3v) is 4.49. The maximum atomic E-state index is 13.9. The molecule has 2 aromatic rings. The SMILES string of the molecule is CCNCc1c(F)cccc1SCc1ccccc1Cl. The highest BCUT2D eigenvalue weighted by Crippen LogP contribution is 2.30. The molecular weight excluding hydrogens is 293 g/mol. The monoisotopic (exact) mass is 309 g/mol. The summed E-state index contributed by atoms with van der Waals surface area (Å²) in [4.78, 5) is 0.964. The Morgan fingerprint density at radius 1 is 1.15 bits per heavy atom. The van der Waals surface area contributed by atoms with E-state index in [0.29, 0.717) is 6.54 Å². The van der Waals surface area contributed by atoms with Crippen LogP contribution in [0.15, 0.2) is 47.4 Å². The van der Waals surface area contributed by atoms with E-state index < -0.39 is 0 Å². The second-order valence-electron chi connectivity index (χ2n) is 4.38. The van der Waals surface area contributed by atoms with Crippen molar-refractivity contribution in [2.45, 2.75) is 24.1 Å². The summed E-state index contributed by atoms with van der Waals surface area (Å²) in [6, 6.07) is 13.0. The van der Waals surface area contributed by atoms with Crippen molar-refractivity contribution >= 4 is 23.4 Å². The minimum absolute atomic E-state index is 0.157. The smallest absolute Gasteiger partial charge is 0.128 e. The fourth-order valence-electron chi connectivity index (χ4n) is 1.87. The lowest BCUT2D eigenvalue weighted by Gasteiger charge is -2.11. The van der Waals surface area contributed by atoms with Crippen LogP contribution in [0, 0.1) is 5.82 Å². The molecule has 1 N–H and O–H groups in total. The van der Waals surface area contributed by atoms with Gasteiger partial charge in [0.1, 0.15) is 5.82 Å². The predicted octanol–water partition coefficient (Wildman–Crippen LogP) is 4.88. The highest BCUT2D eigenvalue weighted by Gasteiger charge is 2.09. The van der Waals surface area contributed by atoms with Gasteiger partial charge >= 0.3 is 0 Å².